The monoisotopic (exact) mass is 218 g/mol. The van der Waals surface area contributed by atoms with Crippen molar-refractivity contribution in [3.05, 3.63) is 23.5 Å². The normalized spacial score (nSPS) is 23.4. The molecule has 1 atom stereocenters. The largest absolute Gasteiger partial charge is 0.380 e. The molecule has 0 aliphatic heterocycles. The van der Waals surface area contributed by atoms with E-state index in [0.29, 0.717) is 11.5 Å². The Kier molecular flexibility index (Phi) is 2.92. The molecule has 1 aromatic heterocycles. The van der Waals surface area contributed by atoms with E-state index in [4.69, 9.17) is 0 Å². The van der Waals surface area contributed by atoms with Gasteiger partial charge in [0.15, 0.2) is 0 Å². The fraction of sp³-hybridized carbons (Fsp3) is 0.643. The molecule has 2 nitrogen and oxygen atoms in total. The highest BCUT2D eigenvalue weighted by atomic mass is 15.0. The van der Waals surface area contributed by atoms with Gasteiger partial charge in [0.1, 0.15) is 0 Å². The van der Waals surface area contributed by atoms with Crippen molar-refractivity contribution in [1.82, 2.24) is 4.98 Å². The van der Waals surface area contributed by atoms with Crippen LogP contribution in [0.2, 0.25) is 0 Å². The van der Waals surface area contributed by atoms with E-state index in [0.717, 1.165) is 11.4 Å². The fourth-order valence-electron chi connectivity index (χ4n) is 2.62. The number of nitrogens with zero attached hydrogens (tertiary/aromatic N) is 1. The van der Waals surface area contributed by atoms with E-state index in [-0.39, 0.29) is 0 Å². The lowest BCUT2D eigenvalue weighted by atomic mass is 9.87. The number of aryl methyl sites for hydroxylation is 2. The molecule has 2 rings (SSSR count). The maximum Gasteiger partial charge on any atom is 0.0606 e. The van der Waals surface area contributed by atoms with E-state index in [1.54, 1.807) is 0 Å². The Labute approximate surface area is 98.5 Å². The Morgan fingerprint density at radius 3 is 2.62 bits per heavy atom. The average molecular weight is 218 g/mol. The summed E-state index contributed by atoms with van der Waals surface area (Å²) in [6, 6.07) is 4.83. The minimum atomic E-state index is 0.414. The van der Waals surface area contributed by atoms with Crippen molar-refractivity contribution in [2.24, 2.45) is 5.41 Å². The molecule has 88 valence electrons. The zero-order valence-electron chi connectivity index (χ0n) is 10.8. The first-order valence-electron chi connectivity index (χ1n) is 6.20. The van der Waals surface area contributed by atoms with Gasteiger partial charge >= 0.3 is 0 Å². The smallest absolute Gasteiger partial charge is 0.0606 e. The van der Waals surface area contributed by atoms with Crippen molar-refractivity contribution in [3.8, 4) is 0 Å². The number of aromatic nitrogens is 1. The minimum absolute atomic E-state index is 0.414. The highest BCUT2D eigenvalue weighted by molar-refractivity contribution is 5.49. The van der Waals surface area contributed by atoms with Crippen molar-refractivity contribution in [2.45, 2.75) is 53.0 Å². The van der Waals surface area contributed by atoms with E-state index >= 15 is 0 Å². The molecule has 1 unspecified atom stereocenters. The quantitative estimate of drug-likeness (QED) is 0.819. The third-order valence-electron chi connectivity index (χ3n) is 3.81. The van der Waals surface area contributed by atoms with E-state index in [1.165, 1.54) is 24.9 Å². The van der Waals surface area contributed by atoms with Gasteiger partial charge in [0, 0.05) is 11.7 Å². The molecule has 1 fully saturated rings. The van der Waals surface area contributed by atoms with Crippen LogP contribution in [0, 0.1) is 19.3 Å². The van der Waals surface area contributed by atoms with Crippen LogP contribution in [-0.2, 0) is 0 Å². The third-order valence-corrected chi connectivity index (χ3v) is 3.81. The minimum Gasteiger partial charge on any atom is -0.380 e. The van der Waals surface area contributed by atoms with Crippen molar-refractivity contribution in [1.29, 1.82) is 0 Å². The number of rotatable bonds is 2. The molecule has 1 aliphatic rings. The molecule has 1 aliphatic carbocycles. The van der Waals surface area contributed by atoms with Gasteiger partial charge in [-0.15, -0.1) is 0 Å². The Morgan fingerprint density at radius 1 is 1.31 bits per heavy atom. The standard InChI is InChI=1S/C14H22N2/c1-10-7-8-12(11(2)15-10)16-13-6-5-9-14(13,3)4/h7-8,13,16H,5-6,9H2,1-4H3. The van der Waals surface area contributed by atoms with Crippen LogP contribution >= 0.6 is 0 Å². The zero-order chi connectivity index (χ0) is 11.8. The lowest BCUT2D eigenvalue weighted by Crippen LogP contribution is -2.31. The lowest BCUT2D eigenvalue weighted by molar-refractivity contribution is 0.350. The topological polar surface area (TPSA) is 24.9 Å². The van der Waals surface area contributed by atoms with Gasteiger partial charge in [-0.3, -0.25) is 4.98 Å². The van der Waals surface area contributed by atoms with Gasteiger partial charge < -0.3 is 5.32 Å². The summed E-state index contributed by atoms with van der Waals surface area (Å²) < 4.78 is 0. The zero-order valence-corrected chi connectivity index (χ0v) is 10.8. The summed E-state index contributed by atoms with van der Waals surface area (Å²) in [6.45, 7) is 8.83. The second-order valence-corrected chi connectivity index (χ2v) is 5.66. The first kappa shape index (κ1) is 11.4. The molecular weight excluding hydrogens is 196 g/mol. The van der Waals surface area contributed by atoms with Crippen LogP contribution in [0.15, 0.2) is 12.1 Å². The summed E-state index contributed by atoms with van der Waals surface area (Å²) in [5.74, 6) is 0. The van der Waals surface area contributed by atoms with Gasteiger partial charge in [-0.25, -0.2) is 0 Å². The number of pyridine rings is 1. The molecule has 1 aromatic rings. The predicted molar refractivity (Wildman–Crippen MR) is 68.8 cm³/mol. The number of hydrogen-bond acceptors (Lipinski definition) is 2. The fourth-order valence-corrected chi connectivity index (χ4v) is 2.62. The molecule has 0 amide bonds. The Balaban J connectivity index is 2.15. The molecule has 1 heterocycles. The van der Waals surface area contributed by atoms with Crippen LogP contribution in [0.5, 0.6) is 0 Å². The van der Waals surface area contributed by atoms with Gasteiger partial charge in [0.25, 0.3) is 0 Å². The maximum atomic E-state index is 4.50. The van der Waals surface area contributed by atoms with Gasteiger partial charge in [-0.1, -0.05) is 20.3 Å². The van der Waals surface area contributed by atoms with Gasteiger partial charge in [-0.05, 0) is 44.2 Å². The summed E-state index contributed by atoms with van der Waals surface area (Å²) in [5, 5.41) is 3.66. The van der Waals surface area contributed by atoms with Crippen LogP contribution in [0.4, 0.5) is 5.69 Å². The highest BCUT2D eigenvalue weighted by Gasteiger charge is 2.34. The predicted octanol–water partition coefficient (Wildman–Crippen LogP) is 3.69. The van der Waals surface area contributed by atoms with Crippen LogP contribution in [0.3, 0.4) is 0 Å². The van der Waals surface area contributed by atoms with Crippen molar-refractivity contribution in [2.75, 3.05) is 5.32 Å². The second kappa shape index (κ2) is 4.08. The van der Waals surface area contributed by atoms with Crippen molar-refractivity contribution < 1.29 is 0 Å². The first-order chi connectivity index (χ1) is 7.49. The van der Waals surface area contributed by atoms with Crippen LogP contribution < -0.4 is 5.32 Å². The summed E-state index contributed by atoms with van der Waals surface area (Å²) in [4.78, 5) is 4.50. The average Bonchev–Trinajstić information content (AvgIpc) is 2.50. The molecule has 1 N–H and O–H groups in total. The van der Waals surface area contributed by atoms with Crippen molar-refractivity contribution in [3.63, 3.8) is 0 Å². The number of nitrogens with one attached hydrogen (secondary N) is 1. The van der Waals surface area contributed by atoms with Crippen LogP contribution in [0.1, 0.15) is 44.5 Å². The molecule has 16 heavy (non-hydrogen) atoms. The number of anilines is 1. The van der Waals surface area contributed by atoms with E-state index in [9.17, 15) is 0 Å². The summed E-state index contributed by atoms with van der Waals surface area (Å²) in [7, 11) is 0. The molecule has 0 spiro atoms. The van der Waals surface area contributed by atoms with Gasteiger partial charge in [0.05, 0.1) is 11.4 Å². The third kappa shape index (κ3) is 2.21. The van der Waals surface area contributed by atoms with Gasteiger partial charge in [0.2, 0.25) is 0 Å². The van der Waals surface area contributed by atoms with Crippen molar-refractivity contribution >= 4 is 5.69 Å². The summed E-state index contributed by atoms with van der Waals surface area (Å²) in [5.41, 5.74) is 3.82. The Hall–Kier alpha value is -1.05. The molecule has 0 radical (unpaired) electrons. The second-order valence-electron chi connectivity index (χ2n) is 5.66. The Bertz CT molecular complexity index is 382. The molecule has 0 bridgehead atoms. The molecule has 0 saturated heterocycles. The van der Waals surface area contributed by atoms with Gasteiger partial charge in [-0.2, -0.15) is 0 Å². The van der Waals surface area contributed by atoms with Crippen LogP contribution in [0.25, 0.3) is 0 Å². The molecule has 1 saturated carbocycles. The molecule has 2 heteroatoms. The molecular formula is C14H22N2. The van der Waals surface area contributed by atoms with E-state index < -0.39 is 0 Å². The Morgan fingerprint density at radius 2 is 2.06 bits per heavy atom. The molecule has 0 aromatic carbocycles. The van der Waals surface area contributed by atoms with E-state index in [2.05, 4.69) is 43.2 Å². The summed E-state index contributed by atoms with van der Waals surface area (Å²) >= 11 is 0. The lowest BCUT2D eigenvalue weighted by Gasteiger charge is -2.29. The summed E-state index contributed by atoms with van der Waals surface area (Å²) in [6.07, 6.45) is 3.94. The van der Waals surface area contributed by atoms with Crippen LogP contribution in [-0.4, -0.2) is 11.0 Å². The SMILES string of the molecule is Cc1ccc(NC2CCCC2(C)C)c(C)n1. The number of hydrogen-bond donors (Lipinski definition) is 1. The first-order valence-corrected chi connectivity index (χ1v) is 6.20. The maximum absolute atomic E-state index is 4.50. The highest BCUT2D eigenvalue weighted by Crippen LogP contribution is 2.39. The van der Waals surface area contributed by atoms with E-state index in [1.807, 2.05) is 6.92 Å².